The molecule has 0 fully saturated rings. The minimum atomic E-state index is -0.239. The molecule has 4 nitrogen and oxygen atoms in total. The van der Waals surface area contributed by atoms with Gasteiger partial charge in [0.1, 0.15) is 5.15 Å². The van der Waals surface area contributed by atoms with Crippen LogP contribution in [0, 0.1) is 5.41 Å². The molecule has 1 heterocycles. The molecule has 1 rings (SSSR count). The van der Waals surface area contributed by atoms with Gasteiger partial charge in [0.15, 0.2) is 0 Å². The average molecular weight is 242 g/mol. The van der Waals surface area contributed by atoms with Gasteiger partial charge in [0.05, 0.1) is 0 Å². The van der Waals surface area contributed by atoms with E-state index in [1.807, 2.05) is 0 Å². The second-order valence-electron chi connectivity index (χ2n) is 4.74. The summed E-state index contributed by atoms with van der Waals surface area (Å²) >= 11 is 5.70. The van der Waals surface area contributed by atoms with Gasteiger partial charge in [-0.3, -0.25) is 0 Å². The molecule has 0 aliphatic carbocycles. The molecule has 0 bridgehead atoms. The Hall–Kier alpha value is -1.29. The van der Waals surface area contributed by atoms with E-state index in [-0.39, 0.29) is 11.4 Å². The molecule has 0 unspecified atom stereocenters. The number of aromatic nitrogens is 1. The number of halogens is 1. The molecule has 2 N–H and O–H groups in total. The van der Waals surface area contributed by atoms with Crippen LogP contribution < -0.4 is 10.6 Å². The molecule has 0 spiro atoms. The monoisotopic (exact) mass is 241 g/mol. The van der Waals surface area contributed by atoms with E-state index in [9.17, 15) is 4.79 Å². The summed E-state index contributed by atoms with van der Waals surface area (Å²) in [4.78, 5) is 15.3. The van der Waals surface area contributed by atoms with Gasteiger partial charge >= 0.3 is 6.03 Å². The number of rotatable bonds is 2. The van der Waals surface area contributed by atoms with Gasteiger partial charge in [0.25, 0.3) is 0 Å². The largest absolute Gasteiger partial charge is 0.337 e. The predicted molar refractivity (Wildman–Crippen MR) is 65.7 cm³/mol. The molecule has 0 radical (unpaired) electrons. The highest BCUT2D eigenvalue weighted by Crippen LogP contribution is 2.12. The van der Waals surface area contributed by atoms with Crippen molar-refractivity contribution in [2.75, 3.05) is 11.9 Å². The number of nitrogens with one attached hydrogen (secondary N) is 2. The van der Waals surface area contributed by atoms with Gasteiger partial charge in [-0.25, -0.2) is 9.78 Å². The van der Waals surface area contributed by atoms with E-state index < -0.39 is 0 Å². The van der Waals surface area contributed by atoms with Crippen molar-refractivity contribution in [2.24, 2.45) is 5.41 Å². The number of amides is 2. The van der Waals surface area contributed by atoms with Crippen LogP contribution in [0.5, 0.6) is 0 Å². The summed E-state index contributed by atoms with van der Waals surface area (Å²) < 4.78 is 0. The summed E-state index contributed by atoms with van der Waals surface area (Å²) in [6.07, 6.45) is 1.54. The maximum absolute atomic E-state index is 11.5. The third kappa shape index (κ3) is 4.98. The summed E-state index contributed by atoms with van der Waals surface area (Å²) in [5.41, 5.74) is 0.694. The fraction of sp³-hybridized carbons (Fsp3) is 0.455. The Bertz CT molecular complexity index is 374. The van der Waals surface area contributed by atoms with Crippen LogP contribution in [-0.2, 0) is 0 Å². The number of urea groups is 1. The molecule has 5 heteroatoms. The van der Waals surface area contributed by atoms with Gasteiger partial charge in [-0.2, -0.15) is 0 Å². The molecule has 0 atom stereocenters. The maximum Gasteiger partial charge on any atom is 0.319 e. The summed E-state index contributed by atoms with van der Waals surface area (Å²) in [6, 6.07) is 3.04. The number of pyridine rings is 1. The molecular formula is C11H16ClN3O. The van der Waals surface area contributed by atoms with Crippen molar-refractivity contribution in [1.82, 2.24) is 10.3 Å². The smallest absolute Gasteiger partial charge is 0.319 e. The quantitative estimate of drug-likeness (QED) is 0.783. The van der Waals surface area contributed by atoms with Crippen molar-refractivity contribution >= 4 is 23.3 Å². The second-order valence-corrected chi connectivity index (χ2v) is 5.12. The minimum Gasteiger partial charge on any atom is -0.337 e. The Kier molecular flexibility index (Phi) is 4.12. The highest BCUT2D eigenvalue weighted by atomic mass is 35.5. The Balaban J connectivity index is 2.46. The summed E-state index contributed by atoms with van der Waals surface area (Å²) in [5, 5.41) is 5.81. The molecular weight excluding hydrogens is 226 g/mol. The Morgan fingerprint density at radius 1 is 1.50 bits per heavy atom. The van der Waals surface area contributed by atoms with Crippen molar-refractivity contribution in [3.05, 3.63) is 23.5 Å². The number of nitrogens with zero attached hydrogens (tertiary/aromatic N) is 1. The van der Waals surface area contributed by atoms with Crippen LogP contribution in [0.15, 0.2) is 18.3 Å². The lowest BCUT2D eigenvalue weighted by atomic mass is 9.97. The molecule has 1 aromatic heterocycles. The average Bonchev–Trinajstić information content (AvgIpc) is 2.14. The third-order valence-electron chi connectivity index (χ3n) is 1.76. The van der Waals surface area contributed by atoms with E-state index in [4.69, 9.17) is 11.6 Å². The highest BCUT2D eigenvalue weighted by molar-refractivity contribution is 6.29. The zero-order chi connectivity index (χ0) is 12.2. The van der Waals surface area contributed by atoms with Crippen LogP contribution in [0.2, 0.25) is 5.15 Å². The van der Waals surface area contributed by atoms with Gasteiger partial charge in [-0.1, -0.05) is 32.4 Å². The number of carbonyl (C=O) groups excluding carboxylic acids is 1. The molecule has 0 aromatic carbocycles. The highest BCUT2D eigenvalue weighted by Gasteiger charge is 2.11. The molecule has 2 amide bonds. The summed E-state index contributed by atoms with van der Waals surface area (Å²) in [7, 11) is 0. The molecule has 0 saturated heterocycles. The van der Waals surface area contributed by atoms with Crippen LogP contribution in [0.25, 0.3) is 0 Å². The first-order valence-corrected chi connectivity index (χ1v) is 5.41. The lowest BCUT2D eigenvalue weighted by Crippen LogP contribution is -2.35. The van der Waals surface area contributed by atoms with Gasteiger partial charge in [0.2, 0.25) is 0 Å². The number of anilines is 1. The van der Waals surface area contributed by atoms with Gasteiger partial charge in [-0.15, -0.1) is 0 Å². The number of hydrogen-bond donors (Lipinski definition) is 2. The molecule has 0 aliphatic heterocycles. The van der Waals surface area contributed by atoms with Crippen LogP contribution >= 0.6 is 11.6 Å². The van der Waals surface area contributed by atoms with Crippen molar-refractivity contribution in [1.29, 1.82) is 0 Å². The summed E-state index contributed by atoms with van der Waals surface area (Å²) in [5.74, 6) is 0. The topological polar surface area (TPSA) is 54.0 Å². The van der Waals surface area contributed by atoms with Crippen molar-refractivity contribution in [2.45, 2.75) is 20.8 Å². The Morgan fingerprint density at radius 2 is 2.19 bits per heavy atom. The molecule has 16 heavy (non-hydrogen) atoms. The van der Waals surface area contributed by atoms with Crippen LogP contribution in [0.4, 0.5) is 10.5 Å². The lowest BCUT2D eigenvalue weighted by molar-refractivity contribution is 0.247. The fourth-order valence-corrected chi connectivity index (χ4v) is 1.17. The van der Waals surface area contributed by atoms with E-state index in [2.05, 4.69) is 36.4 Å². The van der Waals surface area contributed by atoms with E-state index >= 15 is 0 Å². The zero-order valence-corrected chi connectivity index (χ0v) is 10.4. The zero-order valence-electron chi connectivity index (χ0n) is 9.67. The van der Waals surface area contributed by atoms with E-state index in [1.54, 1.807) is 18.3 Å². The first-order chi connectivity index (χ1) is 7.37. The first kappa shape index (κ1) is 12.8. The molecule has 0 saturated carbocycles. The second kappa shape index (κ2) is 5.16. The predicted octanol–water partition coefficient (Wildman–Crippen LogP) is 2.90. The van der Waals surface area contributed by atoms with Gasteiger partial charge in [0, 0.05) is 18.4 Å². The standard InChI is InChI=1S/C11H16ClN3O/c1-11(2,3)7-14-10(16)15-8-4-5-13-9(12)6-8/h4-6H,7H2,1-3H3,(H2,13,14,15,16). The van der Waals surface area contributed by atoms with Crippen LogP contribution in [0.1, 0.15) is 20.8 Å². The van der Waals surface area contributed by atoms with Crippen LogP contribution in [-0.4, -0.2) is 17.6 Å². The molecule has 88 valence electrons. The number of carbonyl (C=O) groups is 1. The third-order valence-corrected chi connectivity index (χ3v) is 1.97. The van der Waals surface area contributed by atoms with E-state index in [0.29, 0.717) is 17.4 Å². The molecule has 1 aromatic rings. The van der Waals surface area contributed by atoms with Gasteiger partial charge in [-0.05, 0) is 17.5 Å². The Morgan fingerprint density at radius 3 is 2.75 bits per heavy atom. The molecule has 0 aliphatic rings. The Labute approximate surface area is 100 Å². The first-order valence-electron chi connectivity index (χ1n) is 5.03. The van der Waals surface area contributed by atoms with Crippen molar-refractivity contribution < 1.29 is 4.79 Å². The van der Waals surface area contributed by atoms with E-state index in [0.717, 1.165) is 0 Å². The normalized spacial score (nSPS) is 11.0. The summed E-state index contributed by atoms with van der Waals surface area (Å²) in [6.45, 7) is 6.77. The van der Waals surface area contributed by atoms with Crippen molar-refractivity contribution in [3.8, 4) is 0 Å². The maximum atomic E-state index is 11.5. The minimum absolute atomic E-state index is 0.0627. The number of hydrogen-bond acceptors (Lipinski definition) is 2. The van der Waals surface area contributed by atoms with Gasteiger partial charge < -0.3 is 10.6 Å². The lowest BCUT2D eigenvalue weighted by Gasteiger charge is -2.18. The SMILES string of the molecule is CC(C)(C)CNC(=O)Nc1ccnc(Cl)c1. The fourth-order valence-electron chi connectivity index (χ4n) is 1.00. The van der Waals surface area contributed by atoms with Crippen LogP contribution in [0.3, 0.4) is 0 Å². The van der Waals surface area contributed by atoms with E-state index in [1.165, 1.54) is 0 Å². The van der Waals surface area contributed by atoms with Crippen molar-refractivity contribution in [3.63, 3.8) is 0 Å².